The van der Waals surface area contributed by atoms with Gasteiger partial charge in [-0.3, -0.25) is 4.79 Å². The molecular weight excluding hydrogens is 347 g/mol. The summed E-state index contributed by atoms with van der Waals surface area (Å²) >= 11 is 0. The summed E-state index contributed by atoms with van der Waals surface area (Å²) in [6.07, 6.45) is 3.86. The second-order valence-electron chi connectivity index (χ2n) is 6.08. The molecular formula is C16H19FN4O3S. The van der Waals surface area contributed by atoms with E-state index in [1.807, 2.05) is 0 Å². The van der Waals surface area contributed by atoms with Gasteiger partial charge in [0.25, 0.3) is 5.91 Å². The third-order valence-electron chi connectivity index (χ3n) is 4.04. The Morgan fingerprint density at radius 3 is 2.64 bits per heavy atom. The highest BCUT2D eigenvalue weighted by Gasteiger charge is 2.26. The van der Waals surface area contributed by atoms with E-state index in [1.54, 1.807) is 29.3 Å². The second-order valence-corrected chi connectivity index (χ2v) is 7.86. The number of piperidine rings is 1. The van der Waals surface area contributed by atoms with Crippen molar-refractivity contribution in [3.63, 3.8) is 0 Å². The fourth-order valence-electron chi connectivity index (χ4n) is 2.87. The molecule has 1 saturated heterocycles. The summed E-state index contributed by atoms with van der Waals surface area (Å²) in [5, 5.41) is 4.22. The van der Waals surface area contributed by atoms with Gasteiger partial charge in [-0.25, -0.2) is 22.2 Å². The van der Waals surface area contributed by atoms with E-state index in [0.29, 0.717) is 31.6 Å². The molecule has 0 saturated carbocycles. The van der Waals surface area contributed by atoms with Crippen LogP contribution < -0.4 is 4.72 Å². The van der Waals surface area contributed by atoms with Crippen LogP contribution in [0.2, 0.25) is 0 Å². The van der Waals surface area contributed by atoms with Crippen molar-refractivity contribution in [2.24, 2.45) is 0 Å². The van der Waals surface area contributed by atoms with Gasteiger partial charge in [0.05, 0.1) is 11.9 Å². The van der Waals surface area contributed by atoms with E-state index in [9.17, 15) is 17.6 Å². The van der Waals surface area contributed by atoms with Crippen LogP contribution in [0.15, 0.2) is 36.5 Å². The Hall–Kier alpha value is -2.26. The van der Waals surface area contributed by atoms with Gasteiger partial charge in [0.2, 0.25) is 10.0 Å². The van der Waals surface area contributed by atoms with Crippen LogP contribution in [0.5, 0.6) is 0 Å². The minimum Gasteiger partial charge on any atom is -0.337 e. The molecule has 1 amide bonds. The van der Waals surface area contributed by atoms with Crippen LogP contribution in [-0.2, 0) is 10.0 Å². The first-order valence-electron chi connectivity index (χ1n) is 7.90. The number of nitrogens with zero attached hydrogens (tertiary/aromatic N) is 3. The van der Waals surface area contributed by atoms with E-state index in [0.717, 1.165) is 6.26 Å². The molecule has 134 valence electrons. The molecule has 0 atom stereocenters. The van der Waals surface area contributed by atoms with Crippen LogP contribution in [0.3, 0.4) is 0 Å². The van der Waals surface area contributed by atoms with E-state index in [1.165, 1.54) is 16.8 Å². The van der Waals surface area contributed by atoms with E-state index >= 15 is 0 Å². The molecule has 2 heterocycles. The highest BCUT2D eigenvalue weighted by atomic mass is 32.2. The molecule has 7 nitrogen and oxygen atoms in total. The molecule has 1 aromatic carbocycles. The second kappa shape index (κ2) is 6.93. The average Bonchev–Trinajstić information content (AvgIpc) is 3.03. The number of carbonyl (C=O) groups excluding carboxylic acids is 1. The smallest absolute Gasteiger partial charge is 0.274 e. The number of rotatable bonds is 4. The standard InChI is InChI=1S/C16H19FN4O3S/c1-25(23,24)19-13-5-8-20(9-6-13)16(22)15-7-10-21(18-15)14-4-2-3-12(17)11-14/h2-4,7,10-11,13,19H,5-6,8-9H2,1H3. The van der Waals surface area contributed by atoms with E-state index in [4.69, 9.17) is 0 Å². The molecule has 1 N–H and O–H groups in total. The number of nitrogens with one attached hydrogen (secondary N) is 1. The first kappa shape index (κ1) is 17.6. The molecule has 0 bridgehead atoms. The highest BCUT2D eigenvalue weighted by molar-refractivity contribution is 7.88. The summed E-state index contributed by atoms with van der Waals surface area (Å²) < 4.78 is 39.9. The number of hydrogen-bond donors (Lipinski definition) is 1. The van der Waals surface area contributed by atoms with Gasteiger partial charge in [0.15, 0.2) is 5.69 Å². The number of likely N-dealkylation sites (tertiary alicyclic amines) is 1. The Bertz CT molecular complexity index is 873. The SMILES string of the molecule is CS(=O)(=O)NC1CCN(C(=O)c2ccn(-c3cccc(F)c3)n2)CC1. The molecule has 25 heavy (non-hydrogen) atoms. The summed E-state index contributed by atoms with van der Waals surface area (Å²) in [5.74, 6) is -0.589. The summed E-state index contributed by atoms with van der Waals surface area (Å²) in [5.41, 5.74) is 0.814. The molecule has 1 aliphatic heterocycles. The van der Waals surface area contributed by atoms with Crippen molar-refractivity contribution in [3.8, 4) is 5.69 Å². The lowest BCUT2D eigenvalue weighted by molar-refractivity contribution is 0.0705. The average molecular weight is 366 g/mol. The van der Waals surface area contributed by atoms with Gasteiger partial charge in [-0.1, -0.05) is 6.07 Å². The third kappa shape index (κ3) is 4.43. The van der Waals surface area contributed by atoms with Crippen LogP contribution in [0.1, 0.15) is 23.3 Å². The van der Waals surface area contributed by atoms with E-state index in [-0.39, 0.29) is 23.5 Å². The lowest BCUT2D eigenvalue weighted by atomic mass is 10.1. The zero-order chi connectivity index (χ0) is 18.0. The number of hydrogen-bond acceptors (Lipinski definition) is 4. The predicted molar refractivity (Wildman–Crippen MR) is 90.4 cm³/mol. The van der Waals surface area contributed by atoms with Crippen LogP contribution >= 0.6 is 0 Å². The van der Waals surface area contributed by atoms with Gasteiger partial charge in [-0.2, -0.15) is 5.10 Å². The molecule has 0 radical (unpaired) electrons. The van der Waals surface area contributed by atoms with E-state index in [2.05, 4.69) is 9.82 Å². The van der Waals surface area contributed by atoms with Crippen LogP contribution in [0.4, 0.5) is 4.39 Å². The van der Waals surface area contributed by atoms with Crippen molar-refractivity contribution in [3.05, 3.63) is 48.0 Å². The maximum absolute atomic E-state index is 13.3. The zero-order valence-electron chi connectivity index (χ0n) is 13.7. The Morgan fingerprint density at radius 1 is 1.28 bits per heavy atom. The van der Waals surface area contributed by atoms with Crippen molar-refractivity contribution in [1.82, 2.24) is 19.4 Å². The number of aromatic nitrogens is 2. The molecule has 1 aliphatic rings. The topological polar surface area (TPSA) is 84.3 Å². The summed E-state index contributed by atoms with van der Waals surface area (Å²) in [6, 6.07) is 7.40. The summed E-state index contributed by atoms with van der Waals surface area (Å²) in [6.45, 7) is 0.914. The van der Waals surface area contributed by atoms with Crippen molar-refractivity contribution >= 4 is 15.9 Å². The Kier molecular flexibility index (Phi) is 4.87. The van der Waals surface area contributed by atoms with Crippen molar-refractivity contribution in [1.29, 1.82) is 0 Å². The van der Waals surface area contributed by atoms with Crippen molar-refractivity contribution in [2.45, 2.75) is 18.9 Å². The molecule has 1 aromatic heterocycles. The van der Waals surface area contributed by atoms with Gasteiger partial charge in [0, 0.05) is 25.3 Å². The minimum atomic E-state index is -3.24. The number of carbonyl (C=O) groups is 1. The predicted octanol–water partition coefficient (Wildman–Crippen LogP) is 1.17. The lowest BCUT2D eigenvalue weighted by Crippen LogP contribution is -2.46. The molecule has 0 aliphatic carbocycles. The molecule has 3 rings (SSSR count). The highest BCUT2D eigenvalue weighted by Crippen LogP contribution is 2.15. The molecule has 9 heteroatoms. The Balaban J connectivity index is 1.65. The number of sulfonamides is 1. The monoisotopic (exact) mass is 366 g/mol. The molecule has 0 spiro atoms. The van der Waals surface area contributed by atoms with Gasteiger partial charge >= 0.3 is 0 Å². The van der Waals surface area contributed by atoms with Crippen LogP contribution in [0.25, 0.3) is 5.69 Å². The fraction of sp³-hybridized carbons (Fsp3) is 0.375. The van der Waals surface area contributed by atoms with Crippen LogP contribution in [-0.4, -0.2) is 54.4 Å². The zero-order valence-corrected chi connectivity index (χ0v) is 14.5. The summed E-state index contributed by atoms with van der Waals surface area (Å²) in [7, 11) is -3.24. The third-order valence-corrected chi connectivity index (χ3v) is 4.81. The number of amides is 1. The van der Waals surface area contributed by atoms with Gasteiger partial charge < -0.3 is 4.90 Å². The van der Waals surface area contributed by atoms with Crippen molar-refractivity contribution in [2.75, 3.05) is 19.3 Å². The van der Waals surface area contributed by atoms with Gasteiger partial charge in [-0.05, 0) is 37.1 Å². The maximum atomic E-state index is 13.3. The molecule has 0 unspecified atom stereocenters. The first-order valence-corrected chi connectivity index (χ1v) is 9.79. The largest absolute Gasteiger partial charge is 0.337 e. The Morgan fingerprint density at radius 2 is 2.00 bits per heavy atom. The number of benzene rings is 1. The molecule has 2 aromatic rings. The van der Waals surface area contributed by atoms with E-state index < -0.39 is 10.0 Å². The normalized spacial score (nSPS) is 16.2. The summed E-state index contributed by atoms with van der Waals surface area (Å²) in [4.78, 5) is 14.2. The number of halogens is 1. The quantitative estimate of drug-likeness (QED) is 0.880. The minimum absolute atomic E-state index is 0.149. The van der Waals surface area contributed by atoms with Gasteiger partial charge in [-0.15, -0.1) is 0 Å². The Labute approximate surface area is 145 Å². The fourth-order valence-corrected chi connectivity index (χ4v) is 3.71. The lowest BCUT2D eigenvalue weighted by Gasteiger charge is -2.31. The van der Waals surface area contributed by atoms with Crippen LogP contribution in [0, 0.1) is 5.82 Å². The molecule has 1 fully saturated rings. The first-order chi connectivity index (χ1) is 11.8. The van der Waals surface area contributed by atoms with Gasteiger partial charge in [0.1, 0.15) is 5.82 Å². The maximum Gasteiger partial charge on any atom is 0.274 e. The van der Waals surface area contributed by atoms with Crippen molar-refractivity contribution < 1.29 is 17.6 Å².